The quantitative estimate of drug-likeness (QED) is 0.800. The Morgan fingerprint density at radius 1 is 1.09 bits per heavy atom. The van der Waals surface area contributed by atoms with Gasteiger partial charge in [0.05, 0.1) is 12.1 Å². The molecule has 0 aliphatic carbocycles. The molecule has 0 fully saturated rings. The maximum atomic E-state index is 10.8. The van der Waals surface area contributed by atoms with E-state index in [0.29, 0.717) is 17.4 Å². The number of halogens is 1. The number of benzene rings is 2. The summed E-state index contributed by atoms with van der Waals surface area (Å²) in [5.74, 6) is -0.324. The first-order valence-electron chi connectivity index (χ1n) is 6.48. The molecule has 0 amide bonds. The van der Waals surface area contributed by atoms with Gasteiger partial charge in [-0.2, -0.15) is 0 Å². The standard InChI is InChI=1S/C15H11ClN4O2/c16-13-7-5-11(6-8-13)14-17-18-19-20(14)9-10-1-3-12(4-2-10)15(21)22/h1-8H,9H2,(H,21,22). The molecule has 0 aliphatic rings. The van der Waals surface area contributed by atoms with E-state index in [9.17, 15) is 4.79 Å². The number of aromatic carboxylic acids is 1. The number of aromatic nitrogens is 4. The van der Waals surface area contributed by atoms with Crippen molar-refractivity contribution in [1.29, 1.82) is 0 Å². The van der Waals surface area contributed by atoms with Gasteiger partial charge in [-0.1, -0.05) is 23.7 Å². The van der Waals surface area contributed by atoms with Crippen molar-refractivity contribution in [2.24, 2.45) is 0 Å². The summed E-state index contributed by atoms with van der Waals surface area (Å²) in [6, 6.07) is 13.9. The number of carbonyl (C=O) groups is 1. The van der Waals surface area contributed by atoms with Crippen molar-refractivity contribution >= 4 is 17.6 Å². The Labute approximate surface area is 131 Å². The number of carboxylic acid groups (broad SMARTS) is 1. The van der Waals surface area contributed by atoms with E-state index in [4.69, 9.17) is 16.7 Å². The highest BCUT2D eigenvalue weighted by Crippen LogP contribution is 2.19. The lowest BCUT2D eigenvalue weighted by Crippen LogP contribution is -2.05. The number of carboxylic acids is 1. The Balaban J connectivity index is 1.86. The molecular weight excluding hydrogens is 304 g/mol. The van der Waals surface area contributed by atoms with E-state index in [2.05, 4.69) is 15.5 Å². The third-order valence-corrected chi connectivity index (χ3v) is 3.42. The number of hydrogen-bond acceptors (Lipinski definition) is 4. The van der Waals surface area contributed by atoms with E-state index < -0.39 is 5.97 Å². The lowest BCUT2D eigenvalue weighted by molar-refractivity contribution is 0.0697. The van der Waals surface area contributed by atoms with Crippen molar-refractivity contribution in [2.45, 2.75) is 6.54 Å². The first-order chi connectivity index (χ1) is 10.6. The summed E-state index contributed by atoms with van der Waals surface area (Å²) in [4.78, 5) is 10.8. The zero-order chi connectivity index (χ0) is 15.5. The first kappa shape index (κ1) is 14.2. The van der Waals surface area contributed by atoms with Crippen LogP contribution in [-0.2, 0) is 6.54 Å². The topological polar surface area (TPSA) is 80.9 Å². The molecule has 2 aromatic carbocycles. The molecule has 0 radical (unpaired) electrons. The van der Waals surface area contributed by atoms with Crippen LogP contribution in [0.5, 0.6) is 0 Å². The highest BCUT2D eigenvalue weighted by molar-refractivity contribution is 6.30. The fourth-order valence-electron chi connectivity index (χ4n) is 2.04. The zero-order valence-corrected chi connectivity index (χ0v) is 12.1. The molecule has 0 spiro atoms. The second kappa shape index (κ2) is 5.95. The molecule has 3 rings (SSSR count). The minimum absolute atomic E-state index is 0.249. The van der Waals surface area contributed by atoms with Crippen LogP contribution in [0.1, 0.15) is 15.9 Å². The van der Waals surface area contributed by atoms with Gasteiger partial charge in [-0.3, -0.25) is 0 Å². The lowest BCUT2D eigenvalue weighted by Gasteiger charge is -2.05. The normalized spacial score (nSPS) is 10.6. The summed E-state index contributed by atoms with van der Waals surface area (Å²) in [5, 5.41) is 21.2. The molecule has 1 N–H and O–H groups in total. The zero-order valence-electron chi connectivity index (χ0n) is 11.3. The molecule has 0 bridgehead atoms. The van der Waals surface area contributed by atoms with Crippen molar-refractivity contribution in [3.63, 3.8) is 0 Å². The van der Waals surface area contributed by atoms with Crippen molar-refractivity contribution in [1.82, 2.24) is 20.2 Å². The van der Waals surface area contributed by atoms with Crippen LogP contribution in [0, 0.1) is 0 Å². The Morgan fingerprint density at radius 3 is 2.41 bits per heavy atom. The van der Waals surface area contributed by atoms with Crippen molar-refractivity contribution in [3.05, 3.63) is 64.7 Å². The number of rotatable bonds is 4. The van der Waals surface area contributed by atoms with Crippen LogP contribution in [-0.4, -0.2) is 31.3 Å². The molecule has 1 aromatic heterocycles. The molecule has 0 saturated heterocycles. The SMILES string of the molecule is O=C(O)c1ccc(Cn2nnnc2-c2ccc(Cl)cc2)cc1. The highest BCUT2D eigenvalue weighted by atomic mass is 35.5. The van der Waals surface area contributed by atoms with E-state index in [1.54, 1.807) is 41.1 Å². The molecule has 22 heavy (non-hydrogen) atoms. The first-order valence-corrected chi connectivity index (χ1v) is 6.85. The molecule has 3 aromatic rings. The van der Waals surface area contributed by atoms with Gasteiger partial charge in [-0.05, 0) is 52.4 Å². The maximum Gasteiger partial charge on any atom is 0.335 e. The summed E-state index contributed by atoms with van der Waals surface area (Å²) in [6.45, 7) is 0.449. The fourth-order valence-corrected chi connectivity index (χ4v) is 2.17. The average Bonchev–Trinajstić information content (AvgIpc) is 2.97. The van der Waals surface area contributed by atoms with Crippen molar-refractivity contribution < 1.29 is 9.90 Å². The van der Waals surface area contributed by atoms with Crippen LogP contribution in [0.4, 0.5) is 0 Å². The van der Waals surface area contributed by atoms with Crippen LogP contribution in [0.3, 0.4) is 0 Å². The van der Waals surface area contributed by atoms with Crippen LogP contribution < -0.4 is 0 Å². The number of nitrogens with zero attached hydrogens (tertiary/aromatic N) is 4. The third kappa shape index (κ3) is 2.96. The molecule has 7 heteroatoms. The van der Waals surface area contributed by atoms with E-state index in [1.807, 2.05) is 12.1 Å². The van der Waals surface area contributed by atoms with Gasteiger partial charge in [0, 0.05) is 10.6 Å². The van der Waals surface area contributed by atoms with E-state index in [1.165, 1.54) is 0 Å². The molecule has 1 heterocycles. The average molecular weight is 315 g/mol. The lowest BCUT2D eigenvalue weighted by atomic mass is 10.1. The monoisotopic (exact) mass is 314 g/mol. The van der Waals surface area contributed by atoms with Gasteiger partial charge in [-0.25, -0.2) is 9.48 Å². The highest BCUT2D eigenvalue weighted by Gasteiger charge is 2.10. The molecule has 6 nitrogen and oxygen atoms in total. The summed E-state index contributed by atoms with van der Waals surface area (Å²) < 4.78 is 1.65. The van der Waals surface area contributed by atoms with Crippen molar-refractivity contribution in [3.8, 4) is 11.4 Å². The predicted molar refractivity (Wildman–Crippen MR) is 80.8 cm³/mol. The summed E-state index contributed by atoms with van der Waals surface area (Å²) in [7, 11) is 0. The molecule has 0 atom stereocenters. The predicted octanol–water partition coefficient (Wildman–Crippen LogP) is 2.74. The van der Waals surface area contributed by atoms with E-state index in [-0.39, 0.29) is 5.56 Å². The smallest absolute Gasteiger partial charge is 0.335 e. The van der Waals surface area contributed by atoms with E-state index in [0.717, 1.165) is 11.1 Å². The molecule has 110 valence electrons. The fraction of sp³-hybridized carbons (Fsp3) is 0.0667. The minimum Gasteiger partial charge on any atom is -0.478 e. The van der Waals surface area contributed by atoms with Crippen LogP contribution in [0.25, 0.3) is 11.4 Å². The Morgan fingerprint density at radius 2 is 1.77 bits per heavy atom. The largest absolute Gasteiger partial charge is 0.478 e. The second-order valence-electron chi connectivity index (χ2n) is 4.67. The van der Waals surface area contributed by atoms with Gasteiger partial charge in [0.25, 0.3) is 0 Å². The van der Waals surface area contributed by atoms with Crippen LogP contribution in [0.15, 0.2) is 48.5 Å². The van der Waals surface area contributed by atoms with Crippen LogP contribution >= 0.6 is 11.6 Å². The number of hydrogen-bond donors (Lipinski definition) is 1. The maximum absolute atomic E-state index is 10.8. The molecule has 0 aliphatic heterocycles. The minimum atomic E-state index is -0.948. The van der Waals surface area contributed by atoms with Gasteiger partial charge in [0.2, 0.25) is 0 Å². The van der Waals surface area contributed by atoms with E-state index >= 15 is 0 Å². The molecule has 0 unspecified atom stereocenters. The number of tetrazole rings is 1. The summed E-state index contributed by atoms with van der Waals surface area (Å²) in [6.07, 6.45) is 0. The summed E-state index contributed by atoms with van der Waals surface area (Å²) >= 11 is 5.88. The summed E-state index contributed by atoms with van der Waals surface area (Å²) in [5.41, 5.74) is 2.02. The second-order valence-corrected chi connectivity index (χ2v) is 5.11. The Bertz CT molecular complexity index is 797. The Hall–Kier alpha value is -2.73. The molecular formula is C15H11ClN4O2. The van der Waals surface area contributed by atoms with Gasteiger partial charge in [0.1, 0.15) is 0 Å². The Kier molecular flexibility index (Phi) is 3.84. The van der Waals surface area contributed by atoms with Gasteiger partial charge >= 0.3 is 5.97 Å². The third-order valence-electron chi connectivity index (χ3n) is 3.17. The van der Waals surface area contributed by atoms with Crippen LogP contribution in [0.2, 0.25) is 5.02 Å². The molecule has 0 saturated carbocycles. The van der Waals surface area contributed by atoms with Crippen molar-refractivity contribution in [2.75, 3.05) is 0 Å². The van der Waals surface area contributed by atoms with Gasteiger partial charge in [-0.15, -0.1) is 5.10 Å². The van der Waals surface area contributed by atoms with Gasteiger partial charge in [0.15, 0.2) is 5.82 Å². The van der Waals surface area contributed by atoms with Gasteiger partial charge < -0.3 is 5.11 Å².